The number of nitrogens with zero attached hydrogens (tertiary/aromatic N) is 2. The minimum atomic E-state index is -0.865. The van der Waals surface area contributed by atoms with Crippen molar-refractivity contribution in [3.05, 3.63) is 24.3 Å². The number of thioether (sulfide) groups is 1. The summed E-state index contributed by atoms with van der Waals surface area (Å²) in [4.78, 5) is 14.3. The maximum absolute atomic E-state index is 10.3. The summed E-state index contributed by atoms with van der Waals surface area (Å²) in [5.41, 5.74) is 0. The molecule has 2 aromatic heterocycles. The predicted molar refractivity (Wildman–Crippen MR) is 55.8 cm³/mol. The molecule has 2 aromatic rings. The van der Waals surface area contributed by atoms with Gasteiger partial charge in [0.1, 0.15) is 0 Å². The van der Waals surface area contributed by atoms with Crippen LogP contribution in [0.15, 0.2) is 27.3 Å². The molecule has 6 nitrogen and oxygen atoms in total. The Labute approximate surface area is 94.6 Å². The number of carboxylic acid groups (broad SMARTS) is 1. The average molecular weight is 240 g/mol. The van der Waals surface area contributed by atoms with Crippen LogP contribution in [-0.2, 0) is 10.5 Å². The first-order valence-corrected chi connectivity index (χ1v) is 5.57. The first-order valence-electron chi connectivity index (χ1n) is 4.41. The molecule has 0 bridgehead atoms. The number of rotatable bonds is 5. The van der Waals surface area contributed by atoms with Gasteiger partial charge in [-0.1, -0.05) is 5.16 Å². The van der Waals surface area contributed by atoms with Crippen LogP contribution in [0, 0.1) is 0 Å². The first kappa shape index (κ1) is 10.7. The van der Waals surface area contributed by atoms with E-state index in [1.807, 2.05) is 0 Å². The smallest absolute Gasteiger partial charge is 0.313 e. The second-order valence-electron chi connectivity index (χ2n) is 2.88. The average Bonchev–Trinajstić information content (AvgIpc) is 2.85. The molecule has 0 saturated heterocycles. The molecule has 2 rings (SSSR count). The number of hydrogen-bond acceptors (Lipinski definition) is 6. The van der Waals surface area contributed by atoms with Gasteiger partial charge >= 0.3 is 5.97 Å². The van der Waals surface area contributed by atoms with Crippen molar-refractivity contribution < 1.29 is 18.8 Å². The molecule has 0 aliphatic carbocycles. The van der Waals surface area contributed by atoms with Gasteiger partial charge in [-0.2, -0.15) is 4.98 Å². The fourth-order valence-corrected chi connectivity index (χ4v) is 1.61. The van der Waals surface area contributed by atoms with Gasteiger partial charge in [0.05, 0.1) is 17.8 Å². The van der Waals surface area contributed by atoms with E-state index in [-0.39, 0.29) is 5.75 Å². The molecule has 0 aliphatic rings. The van der Waals surface area contributed by atoms with Crippen LogP contribution in [0.3, 0.4) is 0 Å². The van der Waals surface area contributed by atoms with Crippen LogP contribution >= 0.6 is 11.8 Å². The lowest BCUT2D eigenvalue weighted by atomic mass is 10.4. The van der Waals surface area contributed by atoms with Crippen LogP contribution < -0.4 is 0 Å². The third kappa shape index (κ3) is 2.63. The Bertz CT molecular complexity index is 466. The highest BCUT2D eigenvalue weighted by Crippen LogP contribution is 2.17. The van der Waals surface area contributed by atoms with E-state index in [0.717, 1.165) is 0 Å². The molecule has 0 unspecified atom stereocenters. The quantitative estimate of drug-likeness (QED) is 0.849. The third-order valence-electron chi connectivity index (χ3n) is 1.66. The Morgan fingerprint density at radius 3 is 3.12 bits per heavy atom. The van der Waals surface area contributed by atoms with Gasteiger partial charge in [-0.15, -0.1) is 11.8 Å². The normalized spacial score (nSPS) is 10.5. The standard InChI is InChI=1S/C9H8N2O4S/c12-8(13)5-16-4-7-10-9(11-15-7)6-2-1-3-14-6/h1-3H,4-5H2,(H,12,13). The zero-order valence-electron chi connectivity index (χ0n) is 8.12. The van der Waals surface area contributed by atoms with Gasteiger partial charge in [-0.3, -0.25) is 4.79 Å². The molecule has 0 fully saturated rings. The van der Waals surface area contributed by atoms with Crippen molar-refractivity contribution in [2.75, 3.05) is 5.75 Å². The second-order valence-corrected chi connectivity index (χ2v) is 3.86. The first-order chi connectivity index (χ1) is 7.75. The summed E-state index contributed by atoms with van der Waals surface area (Å²) in [5, 5.41) is 12.2. The topological polar surface area (TPSA) is 89.4 Å². The second kappa shape index (κ2) is 4.84. The summed E-state index contributed by atoms with van der Waals surface area (Å²) in [6, 6.07) is 3.45. The van der Waals surface area contributed by atoms with Gasteiger partial charge in [0, 0.05) is 0 Å². The van der Waals surface area contributed by atoms with Crippen molar-refractivity contribution in [1.29, 1.82) is 0 Å². The zero-order chi connectivity index (χ0) is 11.4. The highest BCUT2D eigenvalue weighted by atomic mass is 32.2. The number of hydrogen-bond donors (Lipinski definition) is 1. The molecule has 0 spiro atoms. The molecule has 2 heterocycles. The van der Waals surface area contributed by atoms with Crippen LogP contribution in [0.2, 0.25) is 0 Å². The lowest BCUT2D eigenvalue weighted by Gasteiger charge is -1.90. The molecule has 0 saturated carbocycles. The van der Waals surface area contributed by atoms with Gasteiger partial charge in [-0.25, -0.2) is 0 Å². The van der Waals surface area contributed by atoms with Gasteiger partial charge in [0.15, 0.2) is 5.76 Å². The Balaban J connectivity index is 1.95. The molecule has 0 aliphatic heterocycles. The number of carbonyl (C=O) groups is 1. The van der Waals surface area contributed by atoms with E-state index in [0.29, 0.717) is 23.2 Å². The third-order valence-corrected chi connectivity index (χ3v) is 2.56. The van der Waals surface area contributed by atoms with E-state index in [1.165, 1.54) is 18.0 Å². The molecule has 0 atom stereocenters. The summed E-state index contributed by atoms with van der Waals surface area (Å²) < 4.78 is 10.0. The Morgan fingerprint density at radius 2 is 2.44 bits per heavy atom. The Kier molecular flexibility index (Phi) is 3.25. The van der Waals surface area contributed by atoms with Crippen LogP contribution in [0.4, 0.5) is 0 Å². The number of carboxylic acids is 1. The molecule has 0 aromatic carbocycles. The van der Waals surface area contributed by atoms with E-state index in [1.54, 1.807) is 12.1 Å². The minimum absolute atomic E-state index is 0.0124. The van der Waals surface area contributed by atoms with E-state index in [9.17, 15) is 4.79 Å². The van der Waals surface area contributed by atoms with Crippen LogP contribution in [0.25, 0.3) is 11.6 Å². The summed E-state index contributed by atoms with van der Waals surface area (Å²) in [6.07, 6.45) is 1.52. The van der Waals surface area contributed by atoms with E-state index < -0.39 is 5.97 Å². The fraction of sp³-hybridized carbons (Fsp3) is 0.222. The van der Waals surface area contributed by atoms with Crippen molar-refractivity contribution in [3.63, 3.8) is 0 Å². The maximum atomic E-state index is 10.3. The Morgan fingerprint density at radius 1 is 1.56 bits per heavy atom. The molecule has 0 radical (unpaired) electrons. The van der Waals surface area contributed by atoms with Crippen molar-refractivity contribution in [2.24, 2.45) is 0 Å². The molecule has 0 amide bonds. The molecule has 16 heavy (non-hydrogen) atoms. The lowest BCUT2D eigenvalue weighted by molar-refractivity contribution is -0.133. The van der Waals surface area contributed by atoms with Crippen LogP contribution in [0.1, 0.15) is 5.89 Å². The van der Waals surface area contributed by atoms with Crippen LogP contribution in [0.5, 0.6) is 0 Å². The van der Waals surface area contributed by atoms with Gasteiger partial charge < -0.3 is 14.0 Å². The molecule has 7 heteroatoms. The van der Waals surface area contributed by atoms with Crippen molar-refractivity contribution >= 4 is 17.7 Å². The summed E-state index contributed by atoms with van der Waals surface area (Å²) in [6.45, 7) is 0. The van der Waals surface area contributed by atoms with Crippen LogP contribution in [-0.4, -0.2) is 27.0 Å². The van der Waals surface area contributed by atoms with Gasteiger partial charge in [0.2, 0.25) is 11.7 Å². The molecule has 1 N–H and O–H groups in total. The predicted octanol–water partition coefficient (Wildman–Crippen LogP) is 1.65. The monoisotopic (exact) mass is 240 g/mol. The summed E-state index contributed by atoms with van der Waals surface area (Å²) in [7, 11) is 0. The number of aliphatic carboxylic acids is 1. The lowest BCUT2D eigenvalue weighted by Crippen LogP contribution is -1.98. The minimum Gasteiger partial charge on any atom is -0.481 e. The fourth-order valence-electron chi connectivity index (χ4n) is 1.05. The van der Waals surface area contributed by atoms with E-state index in [2.05, 4.69) is 10.1 Å². The summed E-state index contributed by atoms with van der Waals surface area (Å²) in [5.74, 6) is 0.806. The zero-order valence-corrected chi connectivity index (χ0v) is 8.94. The van der Waals surface area contributed by atoms with Gasteiger partial charge in [0.25, 0.3) is 0 Å². The number of aromatic nitrogens is 2. The highest BCUT2D eigenvalue weighted by molar-refractivity contribution is 7.99. The van der Waals surface area contributed by atoms with Gasteiger partial charge in [-0.05, 0) is 12.1 Å². The molecule has 84 valence electrons. The van der Waals surface area contributed by atoms with Crippen molar-refractivity contribution in [1.82, 2.24) is 10.1 Å². The Hall–Kier alpha value is -1.76. The maximum Gasteiger partial charge on any atom is 0.313 e. The molecular formula is C9H8N2O4S. The molecular weight excluding hydrogens is 232 g/mol. The van der Waals surface area contributed by atoms with Crippen molar-refractivity contribution in [3.8, 4) is 11.6 Å². The number of furan rings is 1. The van der Waals surface area contributed by atoms with Crippen molar-refractivity contribution in [2.45, 2.75) is 5.75 Å². The van der Waals surface area contributed by atoms with E-state index in [4.69, 9.17) is 14.0 Å². The largest absolute Gasteiger partial charge is 0.481 e. The van der Waals surface area contributed by atoms with E-state index >= 15 is 0 Å². The highest BCUT2D eigenvalue weighted by Gasteiger charge is 2.10. The SMILES string of the molecule is O=C(O)CSCc1nc(-c2ccco2)no1. The summed E-state index contributed by atoms with van der Waals surface area (Å²) >= 11 is 1.20.